The van der Waals surface area contributed by atoms with Crippen molar-refractivity contribution < 1.29 is 0 Å². The summed E-state index contributed by atoms with van der Waals surface area (Å²) >= 11 is 0. The first-order valence-electron chi connectivity index (χ1n) is 7.97. The molecule has 108 valence electrons. The summed E-state index contributed by atoms with van der Waals surface area (Å²) in [4.78, 5) is 0. The third-order valence-corrected chi connectivity index (χ3v) is 4.79. The van der Waals surface area contributed by atoms with Crippen molar-refractivity contribution >= 4 is 11.3 Å². The summed E-state index contributed by atoms with van der Waals surface area (Å²) in [6.45, 7) is 0. The van der Waals surface area contributed by atoms with Crippen molar-refractivity contribution in [2.75, 3.05) is 0 Å². The fourth-order valence-electron chi connectivity index (χ4n) is 3.75. The fourth-order valence-corrected chi connectivity index (χ4v) is 3.75. The molecule has 1 unspecified atom stereocenters. The fraction of sp³-hybridized carbons (Fsp3) is 0.250. The van der Waals surface area contributed by atoms with E-state index >= 15 is 0 Å². The van der Waals surface area contributed by atoms with Crippen LogP contribution in [-0.2, 0) is 0 Å². The number of nitrogens with zero attached hydrogens (tertiary/aromatic N) is 1. The summed E-state index contributed by atoms with van der Waals surface area (Å²) in [5.74, 6) is 0. The van der Waals surface area contributed by atoms with Gasteiger partial charge in [0.2, 0.25) is 0 Å². The second-order valence-corrected chi connectivity index (χ2v) is 6.05. The molecule has 22 heavy (non-hydrogen) atoms. The Morgan fingerprint density at radius 3 is 2.59 bits per heavy atom. The number of nitriles is 1. The average molecular weight is 286 g/mol. The first kappa shape index (κ1) is 13.2. The van der Waals surface area contributed by atoms with Gasteiger partial charge in [-0.3, -0.25) is 0 Å². The zero-order chi connectivity index (χ0) is 14.9. The first-order valence-corrected chi connectivity index (χ1v) is 7.97. The van der Waals surface area contributed by atoms with E-state index in [-0.39, 0.29) is 0 Å². The molecule has 0 bridgehead atoms. The van der Waals surface area contributed by atoms with Crippen LogP contribution < -0.4 is 15.8 Å². The van der Waals surface area contributed by atoms with Crippen molar-refractivity contribution in [1.82, 2.24) is 5.32 Å². The molecule has 4 rings (SSSR count). The molecule has 2 aliphatic rings. The Balaban J connectivity index is 2.06. The van der Waals surface area contributed by atoms with Gasteiger partial charge >= 0.3 is 0 Å². The molecule has 1 aliphatic heterocycles. The quantitative estimate of drug-likeness (QED) is 0.874. The molecule has 0 aromatic heterocycles. The summed E-state index contributed by atoms with van der Waals surface area (Å²) in [5, 5.41) is 15.8. The lowest BCUT2D eigenvalue weighted by molar-refractivity contribution is 0.539. The Morgan fingerprint density at radius 2 is 1.73 bits per heavy atom. The van der Waals surface area contributed by atoms with E-state index in [2.05, 4.69) is 35.7 Å². The topological polar surface area (TPSA) is 35.8 Å². The Bertz CT molecular complexity index is 886. The van der Waals surface area contributed by atoms with Gasteiger partial charge in [-0.25, -0.2) is 0 Å². The van der Waals surface area contributed by atoms with Gasteiger partial charge in [0.15, 0.2) is 0 Å². The van der Waals surface area contributed by atoms with E-state index in [4.69, 9.17) is 0 Å². The number of fused-ring (bicyclic) bond motifs is 2. The van der Waals surface area contributed by atoms with E-state index in [9.17, 15) is 5.26 Å². The third-order valence-electron chi connectivity index (χ3n) is 4.79. The minimum atomic E-state index is 0.422. The van der Waals surface area contributed by atoms with Crippen LogP contribution in [0.5, 0.6) is 0 Å². The highest BCUT2D eigenvalue weighted by Crippen LogP contribution is 2.27. The van der Waals surface area contributed by atoms with Crippen molar-refractivity contribution in [3.8, 4) is 6.07 Å². The molecule has 2 aromatic carbocycles. The van der Waals surface area contributed by atoms with Crippen LogP contribution in [0.4, 0.5) is 0 Å². The maximum absolute atomic E-state index is 9.43. The maximum Gasteiger partial charge on any atom is 0.0998 e. The monoisotopic (exact) mass is 286 g/mol. The Labute approximate surface area is 130 Å². The molecule has 1 saturated carbocycles. The molecular weight excluding hydrogens is 268 g/mol. The zero-order valence-corrected chi connectivity index (χ0v) is 12.5. The van der Waals surface area contributed by atoms with Crippen LogP contribution >= 0.6 is 0 Å². The lowest BCUT2D eigenvalue weighted by atomic mass is 9.84. The Hall–Kier alpha value is -2.53. The summed E-state index contributed by atoms with van der Waals surface area (Å²) in [7, 11) is 0. The van der Waals surface area contributed by atoms with E-state index in [0.29, 0.717) is 6.04 Å². The van der Waals surface area contributed by atoms with Gasteiger partial charge < -0.3 is 5.32 Å². The van der Waals surface area contributed by atoms with Crippen LogP contribution in [0, 0.1) is 11.3 Å². The van der Waals surface area contributed by atoms with Crippen molar-refractivity contribution in [2.45, 2.75) is 31.7 Å². The molecule has 1 heterocycles. The second kappa shape index (κ2) is 5.35. The van der Waals surface area contributed by atoms with E-state index < -0.39 is 0 Å². The highest BCUT2D eigenvalue weighted by atomic mass is 14.9. The lowest BCUT2D eigenvalue weighted by Crippen LogP contribution is -2.47. The van der Waals surface area contributed by atoms with Gasteiger partial charge in [-0.1, -0.05) is 48.9 Å². The molecule has 0 radical (unpaired) electrons. The van der Waals surface area contributed by atoms with Gasteiger partial charge in [0.25, 0.3) is 0 Å². The minimum absolute atomic E-state index is 0.422. The maximum atomic E-state index is 9.43. The average Bonchev–Trinajstić information content (AvgIpc) is 2.61. The number of rotatable bonds is 1. The van der Waals surface area contributed by atoms with Crippen molar-refractivity contribution in [3.63, 3.8) is 0 Å². The van der Waals surface area contributed by atoms with E-state index in [1.54, 1.807) is 5.57 Å². The molecule has 1 N–H and O–H groups in total. The number of hydrogen-bond acceptors (Lipinski definition) is 2. The molecular formula is C20H18N2. The number of nitrogens with one attached hydrogen (secondary N) is 1. The summed E-state index contributed by atoms with van der Waals surface area (Å²) in [5.41, 5.74) is 4.41. The zero-order valence-electron chi connectivity index (χ0n) is 12.5. The van der Waals surface area contributed by atoms with E-state index in [1.165, 1.54) is 36.1 Å². The van der Waals surface area contributed by atoms with Crippen LogP contribution in [0.15, 0.2) is 48.5 Å². The Kier molecular flexibility index (Phi) is 3.20. The third kappa shape index (κ3) is 2.02. The molecule has 2 aromatic rings. The van der Waals surface area contributed by atoms with Crippen LogP contribution in [-0.4, -0.2) is 6.04 Å². The van der Waals surface area contributed by atoms with Crippen LogP contribution in [0.3, 0.4) is 0 Å². The predicted octanol–water partition coefficient (Wildman–Crippen LogP) is 2.41. The molecule has 0 spiro atoms. The molecule has 2 nitrogen and oxygen atoms in total. The SMILES string of the molecule is N#Cc1ccccc1C1=c2ccccc2=C2CCCCC2N1. The number of hydrogen-bond donors (Lipinski definition) is 1. The first-order chi connectivity index (χ1) is 10.9. The minimum Gasteiger partial charge on any atom is -0.378 e. The standard InChI is InChI=1S/C20H18N2/c21-13-14-7-1-2-8-15(14)20-18-11-4-3-9-16(18)17-10-5-6-12-19(17)22-20/h1-4,7-9,11,19,22H,5-6,10,12H2. The molecule has 0 saturated heterocycles. The van der Waals surface area contributed by atoms with Crippen LogP contribution in [0.2, 0.25) is 0 Å². The largest absolute Gasteiger partial charge is 0.378 e. The molecule has 1 aliphatic carbocycles. The van der Waals surface area contributed by atoms with Gasteiger partial charge in [0.05, 0.1) is 17.3 Å². The summed E-state index contributed by atoms with van der Waals surface area (Å²) in [6.07, 6.45) is 4.92. The lowest BCUT2D eigenvalue weighted by Gasteiger charge is -2.32. The van der Waals surface area contributed by atoms with E-state index in [0.717, 1.165) is 16.8 Å². The van der Waals surface area contributed by atoms with Gasteiger partial charge in [0, 0.05) is 16.8 Å². The van der Waals surface area contributed by atoms with Crippen LogP contribution in [0.1, 0.15) is 36.8 Å². The molecule has 2 heteroatoms. The van der Waals surface area contributed by atoms with Crippen molar-refractivity contribution in [1.29, 1.82) is 5.26 Å². The Morgan fingerprint density at radius 1 is 0.955 bits per heavy atom. The summed E-state index contributed by atoms with van der Waals surface area (Å²) in [6, 6.07) is 19.2. The van der Waals surface area contributed by atoms with Gasteiger partial charge in [-0.05, 0) is 36.1 Å². The number of benzene rings is 2. The second-order valence-electron chi connectivity index (χ2n) is 6.05. The van der Waals surface area contributed by atoms with Crippen molar-refractivity contribution in [2.24, 2.45) is 0 Å². The summed E-state index contributed by atoms with van der Waals surface area (Å²) < 4.78 is 0. The van der Waals surface area contributed by atoms with Crippen molar-refractivity contribution in [3.05, 3.63) is 70.1 Å². The predicted molar refractivity (Wildman–Crippen MR) is 88.2 cm³/mol. The highest BCUT2D eigenvalue weighted by Gasteiger charge is 2.25. The molecule has 0 amide bonds. The molecule has 1 atom stereocenters. The normalized spacial score (nSPS) is 19.7. The van der Waals surface area contributed by atoms with Gasteiger partial charge in [0.1, 0.15) is 0 Å². The van der Waals surface area contributed by atoms with Gasteiger partial charge in [-0.15, -0.1) is 0 Å². The highest BCUT2D eigenvalue weighted by molar-refractivity contribution is 5.74. The smallest absolute Gasteiger partial charge is 0.0998 e. The van der Waals surface area contributed by atoms with Crippen LogP contribution in [0.25, 0.3) is 11.3 Å². The van der Waals surface area contributed by atoms with Gasteiger partial charge in [-0.2, -0.15) is 5.26 Å². The molecule has 1 fully saturated rings. The van der Waals surface area contributed by atoms with E-state index in [1.807, 2.05) is 24.3 Å².